The van der Waals surface area contributed by atoms with E-state index in [0.29, 0.717) is 35.2 Å². The smallest absolute Gasteiger partial charge is 0.308 e. The fourth-order valence-corrected chi connectivity index (χ4v) is 3.09. The lowest BCUT2D eigenvalue weighted by Crippen LogP contribution is -2.31. The summed E-state index contributed by atoms with van der Waals surface area (Å²) in [5.74, 6) is -1.81. The van der Waals surface area contributed by atoms with Crippen LogP contribution in [-0.2, 0) is 4.79 Å². The first-order valence-electron chi connectivity index (χ1n) is 7.01. The fraction of sp³-hybridized carbons (Fsp3) is 0.467. The monoisotopic (exact) mass is 306 g/mol. The van der Waals surface area contributed by atoms with Crippen molar-refractivity contribution in [1.82, 2.24) is 4.90 Å². The van der Waals surface area contributed by atoms with Crippen molar-refractivity contribution < 1.29 is 19.6 Å². The maximum Gasteiger partial charge on any atom is 0.308 e. The number of nitro groups is 1. The molecular formula is C15H18N2O5. The van der Waals surface area contributed by atoms with E-state index >= 15 is 0 Å². The lowest BCUT2D eigenvalue weighted by molar-refractivity contribution is -0.386. The standard InChI is InChI=1S/C15H18N2O5/c1-8-6-9(2)13(17(21)22)10(3)12(8)14(18)16-5-4-11(7-16)15(19)20/h6,11H,4-5,7H2,1-3H3,(H,19,20). The van der Waals surface area contributed by atoms with Gasteiger partial charge >= 0.3 is 5.97 Å². The summed E-state index contributed by atoms with van der Waals surface area (Å²) in [6, 6.07) is 1.63. The molecule has 1 aromatic carbocycles. The largest absolute Gasteiger partial charge is 0.481 e. The number of carbonyl (C=O) groups is 2. The van der Waals surface area contributed by atoms with Crippen LogP contribution in [0.25, 0.3) is 0 Å². The van der Waals surface area contributed by atoms with Gasteiger partial charge in [-0.15, -0.1) is 0 Å². The number of carboxylic acids is 1. The number of likely N-dealkylation sites (tertiary alicyclic amines) is 1. The van der Waals surface area contributed by atoms with Crippen molar-refractivity contribution in [1.29, 1.82) is 0 Å². The number of aryl methyl sites for hydroxylation is 2. The van der Waals surface area contributed by atoms with Gasteiger partial charge in [0.05, 0.1) is 16.4 Å². The highest BCUT2D eigenvalue weighted by Gasteiger charge is 2.33. The van der Waals surface area contributed by atoms with Crippen molar-refractivity contribution in [3.05, 3.63) is 38.4 Å². The molecule has 1 aliphatic rings. The molecule has 0 spiro atoms. The maximum absolute atomic E-state index is 12.7. The van der Waals surface area contributed by atoms with Crippen molar-refractivity contribution in [3.63, 3.8) is 0 Å². The first kappa shape index (κ1) is 15.9. The van der Waals surface area contributed by atoms with E-state index in [1.54, 1.807) is 26.8 Å². The van der Waals surface area contributed by atoms with E-state index in [2.05, 4.69) is 0 Å². The summed E-state index contributed by atoms with van der Waals surface area (Å²) < 4.78 is 0. The maximum atomic E-state index is 12.7. The lowest BCUT2D eigenvalue weighted by Gasteiger charge is -2.19. The van der Waals surface area contributed by atoms with Crippen LogP contribution < -0.4 is 0 Å². The molecule has 0 saturated carbocycles. The molecule has 2 rings (SSSR count). The third kappa shape index (κ3) is 2.66. The van der Waals surface area contributed by atoms with Gasteiger partial charge in [0.15, 0.2) is 0 Å². The number of amides is 1. The van der Waals surface area contributed by atoms with Crippen LogP contribution in [0.2, 0.25) is 0 Å². The number of nitrogens with zero attached hydrogens (tertiary/aromatic N) is 2. The molecular weight excluding hydrogens is 288 g/mol. The molecule has 1 unspecified atom stereocenters. The first-order valence-corrected chi connectivity index (χ1v) is 7.01. The van der Waals surface area contributed by atoms with Crippen LogP contribution in [0, 0.1) is 36.8 Å². The summed E-state index contributed by atoms with van der Waals surface area (Å²) in [4.78, 5) is 35.8. The predicted octanol–water partition coefficient (Wildman–Crippen LogP) is 2.07. The molecule has 1 saturated heterocycles. The van der Waals surface area contributed by atoms with Gasteiger partial charge in [0.2, 0.25) is 0 Å². The molecule has 1 amide bonds. The Morgan fingerprint density at radius 1 is 1.32 bits per heavy atom. The van der Waals surface area contributed by atoms with Gasteiger partial charge < -0.3 is 10.0 Å². The molecule has 0 aromatic heterocycles. The molecule has 1 atom stereocenters. The van der Waals surface area contributed by atoms with Crippen molar-refractivity contribution in [2.45, 2.75) is 27.2 Å². The molecule has 7 nitrogen and oxygen atoms in total. The molecule has 0 radical (unpaired) electrons. The minimum atomic E-state index is -0.918. The Hall–Kier alpha value is -2.44. The number of carboxylic acid groups (broad SMARTS) is 1. The summed E-state index contributed by atoms with van der Waals surface area (Å²) in [6.07, 6.45) is 0.410. The Morgan fingerprint density at radius 2 is 1.95 bits per heavy atom. The van der Waals surface area contributed by atoms with Crippen LogP contribution in [-0.4, -0.2) is 39.9 Å². The van der Waals surface area contributed by atoms with Gasteiger partial charge in [-0.2, -0.15) is 0 Å². The lowest BCUT2D eigenvalue weighted by atomic mass is 9.96. The first-order chi connectivity index (χ1) is 10.2. The summed E-state index contributed by atoms with van der Waals surface area (Å²) in [5, 5.41) is 20.2. The van der Waals surface area contributed by atoms with Crippen LogP contribution in [0.5, 0.6) is 0 Å². The summed E-state index contributed by atoms with van der Waals surface area (Å²) in [7, 11) is 0. The number of rotatable bonds is 3. The summed E-state index contributed by atoms with van der Waals surface area (Å²) in [5.41, 5.74) is 1.78. The minimum absolute atomic E-state index is 0.0528. The molecule has 1 aromatic rings. The molecule has 1 aliphatic heterocycles. The van der Waals surface area contributed by atoms with Crippen molar-refractivity contribution in [2.75, 3.05) is 13.1 Å². The zero-order valence-corrected chi connectivity index (χ0v) is 12.8. The molecule has 1 N–H and O–H groups in total. The highest BCUT2D eigenvalue weighted by atomic mass is 16.6. The van der Waals surface area contributed by atoms with Gasteiger partial charge in [0.1, 0.15) is 0 Å². The van der Waals surface area contributed by atoms with Crippen molar-refractivity contribution >= 4 is 17.6 Å². The highest BCUT2D eigenvalue weighted by molar-refractivity contribution is 5.98. The van der Waals surface area contributed by atoms with E-state index in [-0.39, 0.29) is 18.1 Å². The Morgan fingerprint density at radius 3 is 2.45 bits per heavy atom. The van der Waals surface area contributed by atoms with Crippen LogP contribution in [0.1, 0.15) is 33.5 Å². The van der Waals surface area contributed by atoms with Crippen LogP contribution in [0.4, 0.5) is 5.69 Å². The Kier molecular flexibility index (Phi) is 4.16. The predicted molar refractivity (Wildman–Crippen MR) is 79.0 cm³/mol. The molecule has 7 heteroatoms. The van der Waals surface area contributed by atoms with Gasteiger partial charge in [-0.3, -0.25) is 19.7 Å². The van der Waals surface area contributed by atoms with Crippen molar-refractivity contribution in [3.8, 4) is 0 Å². The third-order valence-corrected chi connectivity index (χ3v) is 4.15. The van der Waals surface area contributed by atoms with Gasteiger partial charge in [-0.1, -0.05) is 0 Å². The van der Waals surface area contributed by atoms with Gasteiger partial charge in [-0.05, 0) is 38.8 Å². The van der Waals surface area contributed by atoms with E-state index < -0.39 is 16.8 Å². The van der Waals surface area contributed by atoms with E-state index in [9.17, 15) is 19.7 Å². The summed E-state index contributed by atoms with van der Waals surface area (Å²) >= 11 is 0. The zero-order chi connectivity index (χ0) is 16.6. The van der Waals surface area contributed by atoms with Crippen LogP contribution in [0.3, 0.4) is 0 Å². The Bertz CT molecular complexity index is 668. The van der Waals surface area contributed by atoms with E-state index in [1.807, 2.05) is 0 Å². The second-order valence-corrected chi connectivity index (χ2v) is 5.69. The van der Waals surface area contributed by atoms with Gasteiger partial charge in [-0.25, -0.2) is 0 Å². The molecule has 0 aliphatic carbocycles. The topological polar surface area (TPSA) is 101 Å². The zero-order valence-electron chi connectivity index (χ0n) is 12.8. The number of carbonyl (C=O) groups excluding carboxylic acids is 1. The number of aliphatic carboxylic acids is 1. The second kappa shape index (κ2) is 5.75. The molecule has 1 fully saturated rings. The van der Waals surface area contributed by atoms with Gasteiger partial charge in [0.25, 0.3) is 11.6 Å². The molecule has 0 bridgehead atoms. The molecule has 22 heavy (non-hydrogen) atoms. The van der Waals surface area contributed by atoms with Gasteiger partial charge in [0, 0.05) is 24.2 Å². The van der Waals surface area contributed by atoms with Crippen molar-refractivity contribution in [2.24, 2.45) is 5.92 Å². The number of hydrogen-bond acceptors (Lipinski definition) is 4. The second-order valence-electron chi connectivity index (χ2n) is 5.69. The van der Waals surface area contributed by atoms with Crippen LogP contribution in [0.15, 0.2) is 6.07 Å². The van der Waals surface area contributed by atoms with E-state index in [0.717, 1.165) is 0 Å². The minimum Gasteiger partial charge on any atom is -0.481 e. The average Bonchev–Trinajstić information content (AvgIpc) is 2.86. The average molecular weight is 306 g/mol. The quantitative estimate of drug-likeness (QED) is 0.680. The normalized spacial score (nSPS) is 17.6. The molecule has 118 valence electrons. The van der Waals surface area contributed by atoms with Crippen LogP contribution >= 0.6 is 0 Å². The number of hydrogen-bond donors (Lipinski definition) is 1. The highest BCUT2D eigenvalue weighted by Crippen LogP contribution is 2.30. The number of nitro benzene ring substituents is 1. The molecule has 1 heterocycles. The Balaban J connectivity index is 2.41. The number of benzene rings is 1. The Labute approximate surface area is 127 Å². The summed E-state index contributed by atoms with van der Waals surface area (Å²) in [6.45, 7) is 5.45. The third-order valence-electron chi connectivity index (χ3n) is 4.15. The van der Waals surface area contributed by atoms with E-state index in [4.69, 9.17) is 5.11 Å². The van der Waals surface area contributed by atoms with E-state index in [1.165, 1.54) is 4.90 Å². The fourth-order valence-electron chi connectivity index (χ4n) is 3.09. The SMILES string of the molecule is Cc1cc(C)c([N+](=O)[O-])c(C)c1C(=O)N1CCC(C(=O)O)C1.